The molecule has 0 aliphatic carbocycles. The van der Waals surface area contributed by atoms with Crippen LogP contribution in [0.4, 0.5) is 5.69 Å². The average Bonchev–Trinajstić information content (AvgIpc) is 2.44. The topological polar surface area (TPSA) is 29.5 Å². The van der Waals surface area contributed by atoms with E-state index in [4.69, 9.17) is 16.3 Å². The molecule has 2 aromatic carbocycles. The maximum atomic E-state index is 11.6. The van der Waals surface area contributed by atoms with Crippen LogP contribution in [0, 0.1) is 0 Å². The van der Waals surface area contributed by atoms with Crippen LogP contribution in [0.1, 0.15) is 24.2 Å². The second-order valence-electron chi connectivity index (χ2n) is 5.06. The summed E-state index contributed by atoms with van der Waals surface area (Å²) in [5.41, 5.74) is 1.50. The molecule has 4 heteroatoms. The summed E-state index contributed by atoms with van der Waals surface area (Å²) < 4.78 is 4.75. The third-order valence-electron chi connectivity index (χ3n) is 3.48. The van der Waals surface area contributed by atoms with Crippen molar-refractivity contribution in [2.45, 2.75) is 19.9 Å². The Bertz CT molecular complexity index is 652. The van der Waals surface area contributed by atoms with Crippen LogP contribution in [-0.2, 0) is 4.74 Å². The highest BCUT2D eigenvalue weighted by molar-refractivity contribution is 6.34. The van der Waals surface area contributed by atoms with Gasteiger partial charge in [0, 0.05) is 13.1 Å². The zero-order chi connectivity index (χ0) is 14.9. The van der Waals surface area contributed by atoms with E-state index in [1.807, 2.05) is 31.3 Å². The monoisotopic (exact) mass is 291 g/mol. The minimum Gasteiger partial charge on any atom is -0.465 e. The van der Waals surface area contributed by atoms with Gasteiger partial charge in [-0.3, -0.25) is 0 Å². The summed E-state index contributed by atoms with van der Waals surface area (Å²) in [6, 6.07) is 9.72. The van der Waals surface area contributed by atoms with Gasteiger partial charge in [-0.25, -0.2) is 4.79 Å². The Morgan fingerprint density at radius 2 is 1.90 bits per heavy atom. The summed E-state index contributed by atoms with van der Waals surface area (Å²) in [7, 11) is 3.38. The molecule has 0 aliphatic rings. The zero-order valence-corrected chi connectivity index (χ0v) is 12.9. The summed E-state index contributed by atoms with van der Waals surface area (Å²) in [5.74, 6) is -0.333. The molecule has 0 unspecified atom stereocenters. The molecule has 106 valence electrons. The van der Waals surface area contributed by atoms with Gasteiger partial charge in [-0.05, 0) is 48.9 Å². The average molecular weight is 292 g/mol. The molecule has 0 saturated carbocycles. The van der Waals surface area contributed by atoms with Crippen molar-refractivity contribution in [1.29, 1.82) is 0 Å². The van der Waals surface area contributed by atoms with E-state index < -0.39 is 0 Å². The molecule has 3 nitrogen and oxygen atoms in total. The lowest BCUT2D eigenvalue weighted by atomic mass is 10.1. The number of benzene rings is 2. The third-order valence-corrected chi connectivity index (χ3v) is 3.78. The summed E-state index contributed by atoms with van der Waals surface area (Å²) >= 11 is 6.34. The molecule has 0 spiro atoms. The summed E-state index contributed by atoms with van der Waals surface area (Å²) in [6.45, 7) is 4.21. The van der Waals surface area contributed by atoms with E-state index in [1.54, 1.807) is 6.07 Å². The standard InChI is InChI=1S/C16H18ClNO2/c1-10(2)18(3)15-9-13-7-12(16(19)20-4)6-5-11(13)8-14(15)17/h5-10H,1-4H3. The first kappa shape index (κ1) is 14.7. The molecular weight excluding hydrogens is 274 g/mol. The molecule has 2 aromatic rings. The van der Waals surface area contributed by atoms with Gasteiger partial charge in [-0.1, -0.05) is 17.7 Å². The Morgan fingerprint density at radius 3 is 2.50 bits per heavy atom. The summed E-state index contributed by atoms with van der Waals surface area (Å²) in [6.07, 6.45) is 0. The SMILES string of the molecule is COC(=O)c1ccc2cc(Cl)c(N(C)C(C)C)cc2c1. The molecule has 0 aliphatic heterocycles. The van der Waals surface area contributed by atoms with E-state index in [0.717, 1.165) is 16.5 Å². The normalized spacial score (nSPS) is 10.9. The van der Waals surface area contributed by atoms with Crippen molar-refractivity contribution < 1.29 is 9.53 Å². The largest absolute Gasteiger partial charge is 0.465 e. The predicted octanol–water partition coefficient (Wildman–Crippen LogP) is 4.12. The Hall–Kier alpha value is -1.74. The molecule has 0 fully saturated rings. The zero-order valence-electron chi connectivity index (χ0n) is 12.1. The second kappa shape index (κ2) is 5.71. The number of rotatable bonds is 3. The van der Waals surface area contributed by atoms with Crippen molar-refractivity contribution in [1.82, 2.24) is 0 Å². The Morgan fingerprint density at radius 1 is 1.20 bits per heavy atom. The third kappa shape index (κ3) is 2.73. The van der Waals surface area contributed by atoms with Gasteiger partial charge in [-0.2, -0.15) is 0 Å². The summed E-state index contributed by atoms with van der Waals surface area (Å²) in [5, 5.41) is 2.68. The van der Waals surface area contributed by atoms with Crippen LogP contribution in [0.15, 0.2) is 30.3 Å². The van der Waals surface area contributed by atoms with Crippen LogP contribution in [0.3, 0.4) is 0 Å². The van der Waals surface area contributed by atoms with Gasteiger partial charge in [0.05, 0.1) is 23.4 Å². The maximum absolute atomic E-state index is 11.6. The van der Waals surface area contributed by atoms with E-state index in [0.29, 0.717) is 16.6 Å². The van der Waals surface area contributed by atoms with Crippen molar-refractivity contribution in [2.24, 2.45) is 0 Å². The number of anilines is 1. The van der Waals surface area contributed by atoms with Gasteiger partial charge in [0.25, 0.3) is 0 Å². The van der Waals surface area contributed by atoms with Gasteiger partial charge >= 0.3 is 5.97 Å². The van der Waals surface area contributed by atoms with E-state index in [-0.39, 0.29) is 5.97 Å². The quantitative estimate of drug-likeness (QED) is 0.797. The molecular formula is C16H18ClNO2. The van der Waals surface area contributed by atoms with Gasteiger partial charge < -0.3 is 9.64 Å². The van der Waals surface area contributed by atoms with Crippen molar-refractivity contribution in [2.75, 3.05) is 19.1 Å². The number of fused-ring (bicyclic) bond motifs is 1. The van der Waals surface area contributed by atoms with E-state index in [9.17, 15) is 4.79 Å². The number of nitrogens with zero attached hydrogens (tertiary/aromatic N) is 1. The lowest BCUT2D eigenvalue weighted by Gasteiger charge is -2.25. The Kier molecular flexibility index (Phi) is 4.19. The molecule has 20 heavy (non-hydrogen) atoms. The maximum Gasteiger partial charge on any atom is 0.337 e. The van der Waals surface area contributed by atoms with Gasteiger partial charge in [0.15, 0.2) is 0 Å². The van der Waals surface area contributed by atoms with Gasteiger partial charge in [0.1, 0.15) is 0 Å². The van der Waals surface area contributed by atoms with Gasteiger partial charge in [-0.15, -0.1) is 0 Å². The van der Waals surface area contributed by atoms with Crippen molar-refractivity contribution in [3.05, 3.63) is 40.9 Å². The Balaban J connectivity index is 2.57. The first-order valence-corrected chi connectivity index (χ1v) is 6.86. The fourth-order valence-electron chi connectivity index (χ4n) is 2.05. The van der Waals surface area contributed by atoms with Crippen molar-refractivity contribution in [3.8, 4) is 0 Å². The van der Waals surface area contributed by atoms with Crippen LogP contribution in [-0.4, -0.2) is 26.2 Å². The highest BCUT2D eigenvalue weighted by Gasteiger charge is 2.12. The molecule has 0 bridgehead atoms. The van der Waals surface area contributed by atoms with Gasteiger partial charge in [0.2, 0.25) is 0 Å². The summed E-state index contributed by atoms with van der Waals surface area (Å²) in [4.78, 5) is 13.7. The molecule has 0 amide bonds. The lowest BCUT2D eigenvalue weighted by molar-refractivity contribution is 0.0601. The van der Waals surface area contributed by atoms with Crippen molar-refractivity contribution in [3.63, 3.8) is 0 Å². The van der Waals surface area contributed by atoms with Crippen LogP contribution < -0.4 is 4.90 Å². The predicted molar refractivity (Wildman–Crippen MR) is 83.8 cm³/mol. The lowest BCUT2D eigenvalue weighted by Crippen LogP contribution is -2.25. The first-order valence-electron chi connectivity index (χ1n) is 6.48. The minimum atomic E-state index is -0.333. The number of hydrogen-bond donors (Lipinski definition) is 0. The molecule has 0 atom stereocenters. The number of esters is 1. The Labute approximate surface area is 124 Å². The van der Waals surface area contributed by atoms with E-state index in [2.05, 4.69) is 18.7 Å². The van der Waals surface area contributed by atoms with Crippen molar-refractivity contribution >= 4 is 34.0 Å². The molecule has 2 rings (SSSR count). The molecule has 0 saturated heterocycles. The second-order valence-corrected chi connectivity index (χ2v) is 5.47. The smallest absolute Gasteiger partial charge is 0.337 e. The first-order chi connectivity index (χ1) is 9.43. The highest BCUT2D eigenvalue weighted by atomic mass is 35.5. The highest BCUT2D eigenvalue weighted by Crippen LogP contribution is 2.32. The molecule has 0 N–H and O–H groups in total. The van der Waals surface area contributed by atoms with Crippen LogP contribution in [0.25, 0.3) is 10.8 Å². The number of carbonyl (C=O) groups excluding carboxylic acids is 1. The molecule has 0 aromatic heterocycles. The number of hydrogen-bond acceptors (Lipinski definition) is 3. The van der Waals surface area contributed by atoms with Crippen LogP contribution in [0.5, 0.6) is 0 Å². The minimum absolute atomic E-state index is 0.333. The van der Waals surface area contributed by atoms with E-state index >= 15 is 0 Å². The fourth-order valence-corrected chi connectivity index (χ4v) is 2.36. The number of ether oxygens (including phenoxy) is 1. The van der Waals surface area contributed by atoms with Crippen LogP contribution in [0.2, 0.25) is 5.02 Å². The molecule has 0 heterocycles. The number of halogens is 1. The van der Waals surface area contributed by atoms with E-state index in [1.165, 1.54) is 7.11 Å². The number of methoxy groups -OCH3 is 1. The fraction of sp³-hybridized carbons (Fsp3) is 0.312. The van der Waals surface area contributed by atoms with Crippen LogP contribution >= 0.6 is 11.6 Å². The number of carbonyl (C=O) groups is 1. The molecule has 0 radical (unpaired) electrons.